The van der Waals surface area contributed by atoms with Gasteiger partial charge in [-0.3, -0.25) is 9.59 Å². The van der Waals surface area contributed by atoms with Gasteiger partial charge in [-0.2, -0.15) is 0 Å². The zero-order valence-corrected chi connectivity index (χ0v) is 30.7. The highest BCUT2D eigenvalue weighted by molar-refractivity contribution is 7.90. The van der Waals surface area contributed by atoms with E-state index in [1.165, 1.54) is 10.6 Å². The molecule has 2 amide bonds. The number of likely N-dealkylation sites (tertiary alicyclic amines) is 1. The molecule has 10 nitrogen and oxygen atoms in total. The summed E-state index contributed by atoms with van der Waals surface area (Å²) in [7, 11) is -6.74. The minimum absolute atomic E-state index is 0.0271. The fraction of sp³-hybridized carbons (Fsp3) is 0.474. The predicted octanol–water partition coefficient (Wildman–Crippen LogP) is 4.44. The van der Waals surface area contributed by atoms with Crippen molar-refractivity contribution in [3.63, 3.8) is 0 Å². The molecule has 3 aromatic carbocycles. The Morgan fingerprint density at radius 2 is 1.40 bits per heavy atom. The van der Waals surface area contributed by atoms with Crippen LogP contribution in [-0.2, 0) is 41.6 Å². The van der Waals surface area contributed by atoms with Gasteiger partial charge < -0.3 is 15.1 Å². The Morgan fingerprint density at radius 1 is 0.800 bits per heavy atom. The minimum atomic E-state index is -3.45. The van der Waals surface area contributed by atoms with Crippen LogP contribution < -0.4 is 5.32 Å². The molecule has 1 atom stereocenters. The second kappa shape index (κ2) is 17.1. The molecule has 12 heteroatoms. The number of nitrogens with one attached hydrogen (secondary N) is 1. The lowest BCUT2D eigenvalue weighted by Gasteiger charge is -2.38. The van der Waals surface area contributed by atoms with E-state index in [9.17, 15) is 26.4 Å². The third-order valence-electron chi connectivity index (χ3n) is 10.0. The molecule has 0 radical (unpaired) electrons. The molecule has 3 aromatic rings. The van der Waals surface area contributed by atoms with Crippen LogP contribution in [0.3, 0.4) is 0 Å². The highest BCUT2D eigenvalue weighted by Crippen LogP contribution is 2.26. The molecule has 2 fully saturated rings. The molecule has 0 aromatic heterocycles. The summed E-state index contributed by atoms with van der Waals surface area (Å²) in [6.45, 7) is 5.79. The first-order chi connectivity index (χ1) is 23.9. The second-order valence-electron chi connectivity index (χ2n) is 13.5. The number of hydrogen-bond acceptors (Lipinski definition) is 7. The number of hydrogen-bond donors (Lipinski definition) is 1. The molecule has 2 saturated heterocycles. The number of likely N-dealkylation sites (N-methyl/N-ethyl adjacent to an activating group) is 1. The van der Waals surface area contributed by atoms with E-state index in [0.717, 1.165) is 55.6 Å². The highest BCUT2D eigenvalue weighted by Gasteiger charge is 2.33. The van der Waals surface area contributed by atoms with Crippen molar-refractivity contribution in [2.24, 2.45) is 5.92 Å². The second-order valence-corrected chi connectivity index (χ2v) is 17.5. The van der Waals surface area contributed by atoms with E-state index in [0.29, 0.717) is 32.5 Å². The molecular formula is C38H50N4O6S2. The van der Waals surface area contributed by atoms with E-state index in [1.54, 1.807) is 24.3 Å². The highest BCUT2D eigenvalue weighted by atomic mass is 32.2. The lowest BCUT2D eigenvalue weighted by Crippen LogP contribution is -2.48. The molecule has 0 bridgehead atoms. The number of benzene rings is 3. The van der Waals surface area contributed by atoms with Gasteiger partial charge >= 0.3 is 0 Å². The monoisotopic (exact) mass is 722 g/mol. The normalized spacial score (nSPS) is 17.6. The predicted molar refractivity (Wildman–Crippen MR) is 195 cm³/mol. The number of carbonyl (C=O) groups excluding carboxylic acids is 2. The summed E-state index contributed by atoms with van der Waals surface area (Å²) >= 11 is 0. The third kappa shape index (κ3) is 10.2. The van der Waals surface area contributed by atoms with Crippen LogP contribution in [0.5, 0.6) is 0 Å². The van der Waals surface area contributed by atoms with E-state index >= 15 is 0 Å². The Hall–Kier alpha value is -3.58. The zero-order chi connectivity index (χ0) is 35.7. The Labute approximate surface area is 297 Å². The maximum Gasteiger partial charge on any atom is 0.227 e. The SMILES string of the molecule is CCN(C(=O)Cc1ccc(S(C)(=O)=O)cc1)C1CCN(CC[C@H](NC(=O)C2CCN(S(=O)(=O)Cc3ccccc3)CC2)c2ccccc2)CC1. The van der Waals surface area contributed by atoms with Crippen LogP contribution in [0, 0.1) is 5.92 Å². The number of nitrogens with zero attached hydrogens (tertiary/aromatic N) is 3. The van der Waals surface area contributed by atoms with Gasteiger partial charge in [0.15, 0.2) is 9.84 Å². The minimum Gasteiger partial charge on any atom is -0.349 e. The van der Waals surface area contributed by atoms with Crippen molar-refractivity contribution in [1.29, 1.82) is 0 Å². The quantitative estimate of drug-likeness (QED) is 0.261. The Morgan fingerprint density at radius 3 is 1.98 bits per heavy atom. The smallest absolute Gasteiger partial charge is 0.227 e. The van der Waals surface area contributed by atoms with Gasteiger partial charge in [-0.1, -0.05) is 72.8 Å². The van der Waals surface area contributed by atoms with E-state index in [4.69, 9.17) is 0 Å². The zero-order valence-electron chi connectivity index (χ0n) is 29.1. The standard InChI is InChI=1S/C38H50N4O6S2/c1-3-42(37(43)28-30-14-16-35(17-15-30)49(2,45)46)34-20-23-40(24-21-34)25-22-36(32-12-8-5-9-13-32)39-38(44)33-18-26-41(27-19-33)50(47,48)29-31-10-6-4-7-11-31/h4-17,33-34,36H,3,18-29H2,1-2H3,(H,39,44)/t36-/m0/s1. The molecule has 0 saturated carbocycles. The summed E-state index contributed by atoms with van der Waals surface area (Å²) in [5.74, 6) is -0.255. The van der Waals surface area contributed by atoms with Gasteiger partial charge in [0.1, 0.15) is 0 Å². The van der Waals surface area contributed by atoms with Crippen molar-refractivity contribution in [2.45, 2.75) is 68.2 Å². The van der Waals surface area contributed by atoms with Gasteiger partial charge in [-0.15, -0.1) is 0 Å². The average Bonchev–Trinajstić information content (AvgIpc) is 3.11. The summed E-state index contributed by atoms with van der Waals surface area (Å²) in [4.78, 5) is 31.4. The van der Waals surface area contributed by atoms with E-state index in [1.807, 2.05) is 72.5 Å². The number of rotatable bonds is 14. The van der Waals surface area contributed by atoms with E-state index in [-0.39, 0.29) is 46.9 Å². The Balaban J connectivity index is 1.11. The molecule has 0 spiro atoms. The summed E-state index contributed by atoms with van der Waals surface area (Å²) in [5, 5.41) is 3.30. The van der Waals surface area contributed by atoms with Gasteiger partial charge in [0.25, 0.3) is 0 Å². The van der Waals surface area contributed by atoms with Crippen LogP contribution in [-0.4, -0.2) is 94.3 Å². The molecule has 1 N–H and O–H groups in total. The van der Waals surface area contributed by atoms with Crippen LogP contribution in [0.1, 0.15) is 61.8 Å². The van der Waals surface area contributed by atoms with Crippen LogP contribution >= 0.6 is 0 Å². The first-order valence-corrected chi connectivity index (χ1v) is 21.1. The van der Waals surface area contributed by atoms with E-state index < -0.39 is 19.9 Å². The van der Waals surface area contributed by atoms with Crippen LogP contribution in [0.4, 0.5) is 0 Å². The van der Waals surface area contributed by atoms with Gasteiger partial charge in [0.05, 0.1) is 23.1 Å². The van der Waals surface area contributed by atoms with Crippen LogP contribution in [0.15, 0.2) is 89.8 Å². The largest absolute Gasteiger partial charge is 0.349 e. The molecule has 270 valence electrons. The summed E-state index contributed by atoms with van der Waals surface area (Å²) in [5.41, 5.74) is 2.60. The van der Waals surface area contributed by atoms with Gasteiger partial charge in [-0.25, -0.2) is 21.1 Å². The van der Waals surface area contributed by atoms with Crippen LogP contribution in [0.2, 0.25) is 0 Å². The molecule has 2 aliphatic heterocycles. The number of sulfone groups is 1. The summed E-state index contributed by atoms with van der Waals surface area (Å²) in [6, 6.07) is 25.7. The van der Waals surface area contributed by atoms with Gasteiger partial charge in [-0.05, 0) is 67.9 Å². The van der Waals surface area contributed by atoms with Crippen molar-refractivity contribution < 1.29 is 26.4 Å². The maximum absolute atomic E-state index is 13.5. The maximum atomic E-state index is 13.5. The molecule has 0 unspecified atom stereocenters. The van der Waals surface area contributed by atoms with Gasteiger partial charge in [0.2, 0.25) is 21.8 Å². The fourth-order valence-electron chi connectivity index (χ4n) is 7.10. The Kier molecular flexibility index (Phi) is 12.9. The molecular weight excluding hydrogens is 673 g/mol. The third-order valence-corrected chi connectivity index (χ3v) is 13.0. The molecule has 5 rings (SSSR count). The summed E-state index contributed by atoms with van der Waals surface area (Å²) < 4.78 is 51.2. The van der Waals surface area contributed by atoms with Crippen molar-refractivity contribution in [3.05, 3.63) is 102 Å². The van der Waals surface area contributed by atoms with E-state index in [2.05, 4.69) is 10.2 Å². The van der Waals surface area contributed by atoms with Crippen molar-refractivity contribution >= 4 is 31.7 Å². The summed E-state index contributed by atoms with van der Waals surface area (Å²) in [6.07, 6.45) is 4.86. The van der Waals surface area contributed by atoms with Crippen molar-refractivity contribution in [1.82, 2.24) is 19.4 Å². The number of amides is 2. The topological polar surface area (TPSA) is 124 Å². The molecule has 0 aliphatic carbocycles. The molecule has 2 aliphatic rings. The Bertz CT molecular complexity index is 1770. The molecule has 2 heterocycles. The first kappa shape index (κ1) is 37.7. The molecule has 50 heavy (non-hydrogen) atoms. The number of sulfonamides is 1. The van der Waals surface area contributed by atoms with Crippen molar-refractivity contribution in [2.75, 3.05) is 45.5 Å². The van der Waals surface area contributed by atoms with Crippen molar-refractivity contribution in [3.8, 4) is 0 Å². The fourth-order valence-corrected chi connectivity index (χ4v) is 9.30. The lowest BCUT2D eigenvalue weighted by molar-refractivity contribution is -0.133. The van der Waals surface area contributed by atoms with Crippen LogP contribution in [0.25, 0.3) is 0 Å². The number of piperidine rings is 2. The average molecular weight is 723 g/mol. The number of carbonyl (C=O) groups is 2. The van der Waals surface area contributed by atoms with Gasteiger partial charge in [0, 0.05) is 57.5 Å². The first-order valence-electron chi connectivity index (χ1n) is 17.6. The lowest BCUT2D eigenvalue weighted by atomic mass is 9.95.